The van der Waals surface area contributed by atoms with Crippen molar-refractivity contribution in [3.05, 3.63) is 66.4 Å². The van der Waals surface area contributed by atoms with Crippen molar-refractivity contribution in [1.29, 1.82) is 0 Å². The summed E-state index contributed by atoms with van der Waals surface area (Å²) >= 11 is 0. The van der Waals surface area contributed by atoms with Gasteiger partial charge in [-0.1, -0.05) is 36.4 Å². The Morgan fingerprint density at radius 3 is 2.38 bits per heavy atom. The first kappa shape index (κ1) is 15.4. The molecule has 4 nitrogen and oxygen atoms in total. The van der Waals surface area contributed by atoms with Gasteiger partial charge in [-0.2, -0.15) is 5.10 Å². The van der Waals surface area contributed by atoms with Gasteiger partial charge in [-0.3, -0.25) is 4.79 Å². The number of carbonyl (C=O) groups is 1. The topological polar surface area (TPSA) is 37.6 Å². The quantitative estimate of drug-likeness (QED) is 0.670. The van der Waals surface area contributed by atoms with Gasteiger partial charge in [-0.15, -0.1) is 0 Å². The smallest absolute Gasteiger partial charge is 0.247 e. The summed E-state index contributed by atoms with van der Waals surface area (Å²) in [4.78, 5) is 14.9. The van der Waals surface area contributed by atoms with Crippen molar-refractivity contribution >= 4 is 17.5 Å². The number of nitrogens with zero attached hydrogens (tertiary/aromatic N) is 3. The molecule has 2 fully saturated rings. The van der Waals surface area contributed by atoms with Gasteiger partial charge in [-0.05, 0) is 43.9 Å². The zero-order valence-electron chi connectivity index (χ0n) is 14.6. The SMILES string of the molecule is O=C(C=Cc1c(-c2ccccc2)nn2ccccc12)N1C2CCC1CC2. The van der Waals surface area contributed by atoms with Gasteiger partial charge < -0.3 is 4.90 Å². The van der Waals surface area contributed by atoms with Crippen LogP contribution in [0.4, 0.5) is 0 Å². The molecule has 2 saturated heterocycles. The summed E-state index contributed by atoms with van der Waals surface area (Å²) in [6.45, 7) is 0. The van der Waals surface area contributed by atoms with Crippen LogP contribution >= 0.6 is 0 Å². The highest BCUT2D eigenvalue weighted by Gasteiger charge is 2.41. The number of benzene rings is 1. The maximum absolute atomic E-state index is 12.8. The Hall–Kier alpha value is -2.88. The molecular weight excluding hydrogens is 322 g/mol. The summed E-state index contributed by atoms with van der Waals surface area (Å²) in [5, 5.41) is 4.74. The second-order valence-electron chi connectivity index (χ2n) is 7.20. The van der Waals surface area contributed by atoms with E-state index in [4.69, 9.17) is 5.10 Å². The number of pyridine rings is 1. The molecule has 26 heavy (non-hydrogen) atoms. The van der Waals surface area contributed by atoms with Crippen molar-refractivity contribution in [2.75, 3.05) is 0 Å². The Kier molecular flexibility index (Phi) is 3.63. The van der Waals surface area contributed by atoms with Gasteiger partial charge in [0.2, 0.25) is 5.91 Å². The molecular formula is C22H21N3O. The highest BCUT2D eigenvalue weighted by atomic mass is 16.2. The number of carbonyl (C=O) groups excluding carboxylic acids is 1. The van der Waals surface area contributed by atoms with E-state index in [1.54, 1.807) is 6.08 Å². The molecule has 2 aromatic heterocycles. The molecule has 0 radical (unpaired) electrons. The van der Waals surface area contributed by atoms with Crippen molar-refractivity contribution in [1.82, 2.24) is 14.5 Å². The summed E-state index contributed by atoms with van der Waals surface area (Å²) in [6, 6.07) is 17.1. The first-order valence-corrected chi connectivity index (χ1v) is 9.34. The van der Waals surface area contributed by atoms with Gasteiger partial charge in [0.15, 0.2) is 0 Å². The average Bonchev–Trinajstić information content (AvgIpc) is 3.39. The summed E-state index contributed by atoms with van der Waals surface area (Å²) in [5.41, 5.74) is 3.98. The standard InChI is InChI=1S/C22H21N3O/c26-21(25-17-9-10-18(25)12-11-17)14-13-19-20-8-4-5-15-24(20)23-22(19)16-6-2-1-3-7-16/h1-8,13-15,17-18H,9-12H2. The Morgan fingerprint density at radius 1 is 0.962 bits per heavy atom. The lowest BCUT2D eigenvalue weighted by Crippen LogP contribution is -2.33. The first-order valence-electron chi connectivity index (χ1n) is 9.34. The highest BCUT2D eigenvalue weighted by Crippen LogP contribution is 2.37. The maximum atomic E-state index is 12.8. The predicted octanol–water partition coefficient (Wildman–Crippen LogP) is 4.17. The van der Waals surface area contributed by atoms with Crippen molar-refractivity contribution < 1.29 is 4.79 Å². The van der Waals surface area contributed by atoms with E-state index >= 15 is 0 Å². The van der Waals surface area contributed by atoms with Gasteiger partial charge >= 0.3 is 0 Å². The molecule has 0 N–H and O–H groups in total. The third-order valence-electron chi connectivity index (χ3n) is 5.73. The van der Waals surface area contributed by atoms with Crippen LogP contribution in [0.3, 0.4) is 0 Å². The Morgan fingerprint density at radius 2 is 1.65 bits per heavy atom. The summed E-state index contributed by atoms with van der Waals surface area (Å²) in [7, 11) is 0. The second kappa shape index (κ2) is 6.13. The number of hydrogen-bond donors (Lipinski definition) is 0. The molecule has 3 aromatic rings. The zero-order chi connectivity index (χ0) is 17.5. The Labute approximate surface area is 152 Å². The lowest BCUT2D eigenvalue weighted by atomic mass is 10.0. The minimum Gasteiger partial charge on any atom is -0.333 e. The molecule has 2 aliphatic rings. The van der Waals surface area contributed by atoms with E-state index in [0.717, 1.165) is 48.0 Å². The Balaban J connectivity index is 1.54. The van der Waals surface area contributed by atoms with Crippen LogP contribution in [0.25, 0.3) is 22.9 Å². The average molecular weight is 343 g/mol. The van der Waals surface area contributed by atoms with E-state index in [1.165, 1.54) is 0 Å². The fourth-order valence-corrected chi connectivity index (χ4v) is 4.50. The lowest BCUT2D eigenvalue weighted by molar-refractivity contribution is -0.127. The van der Waals surface area contributed by atoms with Crippen molar-refractivity contribution in [2.24, 2.45) is 0 Å². The monoisotopic (exact) mass is 343 g/mol. The van der Waals surface area contributed by atoms with E-state index < -0.39 is 0 Å². The molecule has 1 amide bonds. The molecule has 5 rings (SSSR count). The van der Waals surface area contributed by atoms with E-state index in [2.05, 4.69) is 17.0 Å². The van der Waals surface area contributed by atoms with E-state index in [9.17, 15) is 4.79 Å². The van der Waals surface area contributed by atoms with E-state index in [-0.39, 0.29) is 5.91 Å². The molecule has 4 heterocycles. The van der Waals surface area contributed by atoms with Crippen LogP contribution < -0.4 is 0 Å². The molecule has 1 aromatic carbocycles. The molecule has 0 aliphatic carbocycles. The van der Waals surface area contributed by atoms with Crippen LogP contribution in [0, 0.1) is 0 Å². The zero-order valence-corrected chi connectivity index (χ0v) is 14.6. The molecule has 0 unspecified atom stereocenters. The third kappa shape index (κ3) is 2.45. The predicted molar refractivity (Wildman–Crippen MR) is 103 cm³/mol. The molecule has 0 atom stereocenters. The molecule has 2 bridgehead atoms. The molecule has 2 aliphatic heterocycles. The van der Waals surface area contributed by atoms with E-state index in [0.29, 0.717) is 12.1 Å². The molecule has 4 heteroatoms. The van der Waals surface area contributed by atoms with Crippen LogP contribution in [-0.4, -0.2) is 32.5 Å². The lowest BCUT2D eigenvalue weighted by Gasteiger charge is -2.19. The van der Waals surface area contributed by atoms with Crippen LogP contribution in [0.15, 0.2) is 60.8 Å². The van der Waals surface area contributed by atoms with Gasteiger partial charge in [-0.25, -0.2) is 4.52 Å². The fraction of sp³-hybridized carbons (Fsp3) is 0.273. The number of fused-ring (bicyclic) bond motifs is 3. The molecule has 0 spiro atoms. The number of hydrogen-bond acceptors (Lipinski definition) is 2. The maximum Gasteiger partial charge on any atom is 0.247 e. The van der Waals surface area contributed by atoms with Crippen molar-refractivity contribution in [2.45, 2.75) is 37.8 Å². The number of aromatic nitrogens is 2. The number of rotatable bonds is 3. The van der Waals surface area contributed by atoms with Gasteiger partial charge in [0, 0.05) is 35.5 Å². The van der Waals surface area contributed by atoms with Gasteiger partial charge in [0.05, 0.1) is 5.52 Å². The van der Waals surface area contributed by atoms with E-state index in [1.807, 2.05) is 53.2 Å². The summed E-state index contributed by atoms with van der Waals surface area (Å²) in [6.07, 6.45) is 10.3. The van der Waals surface area contributed by atoms with Crippen LogP contribution in [0.2, 0.25) is 0 Å². The van der Waals surface area contributed by atoms with Gasteiger partial charge in [0.1, 0.15) is 5.69 Å². The highest BCUT2D eigenvalue weighted by molar-refractivity contribution is 5.95. The largest absolute Gasteiger partial charge is 0.333 e. The van der Waals surface area contributed by atoms with Crippen molar-refractivity contribution in [3.63, 3.8) is 0 Å². The van der Waals surface area contributed by atoms with Crippen molar-refractivity contribution in [3.8, 4) is 11.3 Å². The minimum atomic E-state index is 0.143. The van der Waals surface area contributed by atoms with Gasteiger partial charge in [0.25, 0.3) is 0 Å². The van der Waals surface area contributed by atoms with Crippen LogP contribution in [0.5, 0.6) is 0 Å². The number of amides is 1. The van der Waals surface area contributed by atoms with Crippen LogP contribution in [0.1, 0.15) is 31.2 Å². The molecule has 130 valence electrons. The minimum absolute atomic E-state index is 0.143. The third-order valence-corrected chi connectivity index (χ3v) is 5.73. The fourth-order valence-electron chi connectivity index (χ4n) is 4.50. The van der Waals surface area contributed by atoms with Crippen LogP contribution in [-0.2, 0) is 4.79 Å². The second-order valence-corrected chi connectivity index (χ2v) is 7.20. The normalized spacial score (nSPS) is 21.9. The first-order chi connectivity index (χ1) is 12.8. The Bertz CT molecular complexity index is 969. The summed E-state index contributed by atoms with van der Waals surface area (Å²) < 4.78 is 1.88. The molecule has 0 saturated carbocycles. The summed E-state index contributed by atoms with van der Waals surface area (Å²) in [5.74, 6) is 0.143.